The van der Waals surface area contributed by atoms with Crippen molar-refractivity contribution in [2.45, 2.75) is 72.1 Å². The van der Waals surface area contributed by atoms with Crippen LogP contribution in [-0.2, 0) is 9.59 Å². The number of carbonyl (C=O) groups excluding carboxylic acids is 2. The Kier molecular flexibility index (Phi) is 7.65. The normalized spacial score (nSPS) is 36.0. The van der Waals surface area contributed by atoms with Crippen molar-refractivity contribution >= 4 is 29.2 Å². The molecule has 5 fully saturated rings. The highest BCUT2D eigenvalue weighted by molar-refractivity contribution is 6.01. The van der Waals surface area contributed by atoms with Crippen molar-refractivity contribution in [1.29, 1.82) is 0 Å². The topological polar surface area (TPSA) is 72.9 Å². The number of ketones is 2. The Morgan fingerprint density at radius 2 is 1.57 bits per heavy atom. The number of hydrogen-bond donors (Lipinski definition) is 0. The lowest BCUT2D eigenvalue weighted by atomic mass is 9.52. The fourth-order valence-corrected chi connectivity index (χ4v) is 10.8. The fraction of sp³-hybridized carbons (Fsp3) is 0.684. The second-order valence-corrected chi connectivity index (χ2v) is 15.9. The number of nitrogens with zero attached hydrogens (tertiary/aromatic N) is 6. The molecule has 0 N–H and O–H groups in total. The quantitative estimate of drug-likeness (QED) is 0.387. The summed E-state index contributed by atoms with van der Waals surface area (Å²) in [4.78, 5) is 46.2. The summed E-state index contributed by atoms with van der Waals surface area (Å²) in [5, 5.41) is 0. The van der Waals surface area contributed by atoms with E-state index in [2.05, 4.69) is 58.6 Å². The first-order chi connectivity index (χ1) is 22.2. The van der Waals surface area contributed by atoms with Gasteiger partial charge < -0.3 is 14.7 Å². The summed E-state index contributed by atoms with van der Waals surface area (Å²) < 4.78 is 0. The first-order valence-electron chi connectivity index (χ1n) is 18.3. The Bertz CT molecular complexity index is 1450. The van der Waals surface area contributed by atoms with Gasteiger partial charge in [-0.15, -0.1) is 0 Å². The average molecular weight is 625 g/mol. The molecular weight excluding hydrogens is 572 g/mol. The Balaban J connectivity index is 0.947. The van der Waals surface area contributed by atoms with Crippen molar-refractivity contribution in [1.82, 2.24) is 14.9 Å². The summed E-state index contributed by atoms with van der Waals surface area (Å²) in [6.07, 6.45) is 17.4. The van der Waals surface area contributed by atoms with Crippen LogP contribution in [0.1, 0.15) is 72.1 Å². The van der Waals surface area contributed by atoms with Gasteiger partial charge in [0.1, 0.15) is 11.6 Å². The fourth-order valence-electron chi connectivity index (χ4n) is 10.8. The first-order valence-corrected chi connectivity index (χ1v) is 18.3. The van der Waals surface area contributed by atoms with Gasteiger partial charge in [0, 0.05) is 69.8 Å². The van der Waals surface area contributed by atoms with Crippen LogP contribution in [0.3, 0.4) is 0 Å². The maximum absolute atomic E-state index is 14.2. The molecule has 0 bridgehead atoms. The van der Waals surface area contributed by atoms with E-state index in [0.717, 1.165) is 95.6 Å². The van der Waals surface area contributed by atoms with Gasteiger partial charge in [-0.1, -0.05) is 37.1 Å². The second kappa shape index (κ2) is 11.6. The van der Waals surface area contributed by atoms with E-state index >= 15 is 0 Å². The molecule has 4 aliphatic carbocycles. The van der Waals surface area contributed by atoms with E-state index in [1.54, 1.807) is 6.08 Å². The van der Waals surface area contributed by atoms with Crippen LogP contribution in [0.25, 0.3) is 0 Å². The van der Waals surface area contributed by atoms with Crippen LogP contribution >= 0.6 is 0 Å². The molecule has 8 nitrogen and oxygen atoms in total. The number of anilines is 3. The maximum Gasteiger partial charge on any atom is 0.229 e. The lowest BCUT2D eigenvalue weighted by Crippen LogP contribution is -2.51. The standard InChI is InChI=1S/C38H52N6O2/c1-26-22-31-29-9-8-27-23-28(45)10-12-37(27,2)30(29)11-13-38(31,3)35(26)32(46)25-41-18-20-44(21-19-41)36-39-33(42-14-4-5-15-42)24-34(40-36)43-16-6-7-17-43/h10-12,23-24,26,29,31,35H,4-9,13-22,25H2,1-3H3/t26-,29-,31+,35-,37+,38+/m1/s1. The number of hydrogen-bond acceptors (Lipinski definition) is 8. The molecule has 0 spiro atoms. The monoisotopic (exact) mass is 624 g/mol. The van der Waals surface area contributed by atoms with E-state index in [4.69, 9.17) is 9.97 Å². The summed E-state index contributed by atoms with van der Waals surface area (Å²) in [7, 11) is 0. The van der Waals surface area contributed by atoms with Crippen molar-refractivity contribution in [3.05, 3.63) is 41.5 Å². The van der Waals surface area contributed by atoms with E-state index in [1.807, 2.05) is 6.08 Å². The number of carbonyl (C=O) groups is 2. The van der Waals surface area contributed by atoms with E-state index < -0.39 is 0 Å². The van der Waals surface area contributed by atoms with E-state index in [1.165, 1.54) is 36.8 Å². The third-order valence-electron chi connectivity index (χ3n) is 13.2. The lowest BCUT2D eigenvalue weighted by molar-refractivity contribution is -0.129. The van der Waals surface area contributed by atoms with Crippen molar-refractivity contribution in [3.63, 3.8) is 0 Å². The number of fused-ring (bicyclic) bond motifs is 5. The molecule has 8 rings (SSSR count). The minimum absolute atomic E-state index is 0.00803. The molecular formula is C38H52N6O2. The van der Waals surface area contributed by atoms with Gasteiger partial charge in [0.25, 0.3) is 0 Å². The smallest absolute Gasteiger partial charge is 0.229 e. The third-order valence-corrected chi connectivity index (χ3v) is 13.2. The first kappa shape index (κ1) is 30.3. The van der Waals surface area contributed by atoms with Crippen LogP contribution in [0.2, 0.25) is 0 Å². The van der Waals surface area contributed by atoms with Gasteiger partial charge in [-0.3, -0.25) is 14.5 Å². The van der Waals surface area contributed by atoms with Gasteiger partial charge >= 0.3 is 0 Å². The predicted molar refractivity (Wildman–Crippen MR) is 183 cm³/mol. The Hall–Kier alpha value is -3.00. The summed E-state index contributed by atoms with van der Waals surface area (Å²) in [6, 6.07) is 2.21. The van der Waals surface area contributed by atoms with Crippen LogP contribution in [0.5, 0.6) is 0 Å². The highest BCUT2D eigenvalue weighted by Gasteiger charge is 2.59. The van der Waals surface area contributed by atoms with Gasteiger partial charge in [0.05, 0.1) is 6.54 Å². The second-order valence-electron chi connectivity index (χ2n) is 15.9. The Labute approximate surface area is 275 Å². The average Bonchev–Trinajstić information content (AvgIpc) is 3.83. The van der Waals surface area contributed by atoms with Crippen molar-refractivity contribution in [2.75, 3.05) is 73.6 Å². The molecule has 1 aromatic rings. The van der Waals surface area contributed by atoms with Crippen LogP contribution in [0, 0.1) is 34.5 Å². The van der Waals surface area contributed by atoms with Crippen molar-refractivity contribution in [2.24, 2.45) is 34.5 Å². The van der Waals surface area contributed by atoms with Crippen molar-refractivity contribution in [3.8, 4) is 0 Å². The van der Waals surface area contributed by atoms with Gasteiger partial charge in [0.15, 0.2) is 11.6 Å². The summed E-state index contributed by atoms with van der Waals surface area (Å²) >= 11 is 0. The molecule has 0 amide bonds. The predicted octanol–water partition coefficient (Wildman–Crippen LogP) is 5.46. The molecule has 4 heterocycles. The van der Waals surface area contributed by atoms with E-state index in [0.29, 0.717) is 30.1 Å². The van der Waals surface area contributed by atoms with Crippen LogP contribution < -0.4 is 14.7 Å². The molecule has 0 radical (unpaired) electrons. The molecule has 46 heavy (non-hydrogen) atoms. The lowest BCUT2D eigenvalue weighted by Gasteiger charge is -2.52. The number of allylic oxidation sites excluding steroid dienone is 6. The zero-order valence-electron chi connectivity index (χ0n) is 28.2. The summed E-state index contributed by atoms with van der Waals surface area (Å²) in [5.41, 5.74) is 2.67. The Morgan fingerprint density at radius 3 is 2.22 bits per heavy atom. The van der Waals surface area contributed by atoms with Gasteiger partial charge in [-0.2, -0.15) is 9.97 Å². The largest absolute Gasteiger partial charge is 0.356 e. The molecule has 1 aromatic heterocycles. The maximum atomic E-state index is 14.2. The van der Waals surface area contributed by atoms with Gasteiger partial charge in [-0.25, -0.2) is 0 Å². The molecule has 7 aliphatic rings. The minimum Gasteiger partial charge on any atom is -0.356 e. The van der Waals surface area contributed by atoms with Crippen molar-refractivity contribution < 1.29 is 9.59 Å². The molecule has 3 aliphatic heterocycles. The molecule has 6 atom stereocenters. The highest BCUT2D eigenvalue weighted by atomic mass is 16.1. The number of aromatic nitrogens is 2. The highest BCUT2D eigenvalue weighted by Crippen LogP contribution is 2.65. The molecule has 3 saturated heterocycles. The Morgan fingerprint density at radius 1 is 0.913 bits per heavy atom. The third kappa shape index (κ3) is 5.05. The van der Waals surface area contributed by atoms with Gasteiger partial charge in [-0.05, 0) is 93.6 Å². The SMILES string of the molecule is C[C@@H]1C[C@H]2[C@@H]3CCC4=CC(=O)C=C[C@]4(C)C3=CC[C@]2(C)[C@H]1C(=O)CN1CCN(c2nc(N3CCCC3)cc(N3CCCC3)n2)CC1. The van der Waals surface area contributed by atoms with Gasteiger partial charge in [0.2, 0.25) is 5.95 Å². The van der Waals surface area contributed by atoms with Crippen LogP contribution in [0.15, 0.2) is 41.5 Å². The van der Waals surface area contributed by atoms with E-state index in [9.17, 15) is 9.59 Å². The van der Waals surface area contributed by atoms with E-state index in [-0.39, 0.29) is 22.5 Å². The summed E-state index contributed by atoms with van der Waals surface area (Å²) in [5.74, 6) is 5.12. The number of rotatable bonds is 6. The zero-order chi connectivity index (χ0) is 31.6. The minimum atomic E-state index is -0.129. The molecule has 8 heteroatoms. The number of piperazine rings is 1. The zero-order valence-corrected chi connectivity index (χ0v) is 28.2. The molecule has 0 unspecified atom stereocenters. The van der Waals surface area contributed by atoms with Crippen LogP contribution in [0.4, 0.5) is 17.6 Å². The summed E-state index contributed by atoms with van der Waals surface area (Å²) in [6.45, 7) is 15.4. The van der Waals surface area contributed by atoms with Crippen LogP contribution in [-0.4, -0.2) is 85.3 Å². The molecule has 0 aromatic carbocycles. The number of Topliss-reactive ketones (excluding diaryl/α,β-unsaturated/α-hetero) is 1. The molecule has 246 valence electrons. The molecule has 2 saturated carbocycles.